The van der Waals surface area contributed by atoms with Crippen LogP contribution in [-0.4, -0.2) is 55.6 Å². The van der Waals surface area contributed by atoms with Crippen LogP contribution in [0.4, 0.5) is 0 Å². The van der Waals surface area contributed by atoms with Gasteiger partial charge in [-0.25, -0.2) is 8.42 Å². The summed E-state index contributed by atoms with van der Waals surface area (Å²) in [5.41, 5.74) is 3.30. The summed E-state index contributed by atoms with van der Waals surface area (Å²) in [5.74, 6) is -0.867. The third-order valence-electron chi connectivity index (χ3n) is 6.08. The molecule has 0 aliphatic heterocycles. The van der Waals surface area contributed by atoms with E-state index in [1.807, 2.05) is 12.1 Å². The molecule has 38 heavy (non-hydrogen) atoms. The Hall–Kier alpha value is -2.46. The lowest BCUT2D eigenvalue weighted by Crippen LogP contribution is -2.48. The molecule has 0 heterocycles. The zero-order chi connectivity index (χ0) is 27.7. The first-order chi connectivity index (χ1) is 18.1. The largest absolute Gasteiger partial charge is 0.395 e. The molecule has 0 bridgehead atoms. The number of carbonyl (C=O) groups excluding carboxylic acids is 1. The van der Waals surface area contributed by atoms with Gasteiger partial charge >= 0.3 is 0 Å². The molecule has 7 nitrogen and oxygen atoms in total. The number of hydrogen-bond donors (Lipinski definition) is 4. The van der Waals surface area contributed by atoms with Gasteiger partial charge in [0.15, 0.2) is 9.84 Å². The van der Waals surface area contributed by atoms with Gasteiger partial charge in [-0.15, -0.1) is 0 Å². The second-order valence-electron chi connectivity index (χ2n) is 9.00. The summed E-state index contributed by atoms with van der Waals surface area (Å²) < 4.78 is 24.3. The quantitative estimate of drug-likeness (QED) is 0.245. The van der Waals surface area contributed by atoms with E-state index >= 15 is 0 Å². The van der Waals surface area contributed by atoms with Crippen molar-refractivity contribution in [2.75, 3.05) is 18.9 Å². The molecule has 0 aliphatic carbocycles. The maximum absolute atomic E-state index is 13.1. The van der Waals surface area contributed by atoms with Crippen molar-refractivity contribution in [3.8, 4) is 0 Å². The van der Waals surface area contributed by atoms with Gasteiger partial charge in [0, 0.05) is 28.7 Å². The highest BCUT2D eigenvalue weighted by Gasteiger charge is 2.23. The summed E-state index contributed by atoms with van der Waals surface area (Å²) >= 11 is 12.3. The Morgan fingerprint density at radius 1 is 0.947 bits per heavy atom. The van der Waals surface area contributed by atoms with Crippen LogP contribution in [0.15, 0.2) is 71.6 Å². The Labute approximate surface area is 233 Å². The maximum Gasteiger partial charge on any atom is 0.251 e. The fraction of sp³-hybridized carbons (Fsp3) is 0.321. The van der Waals surface area contributed by atoms with Crippen molar-refractivity contribution in [1.29, 1.82) is 0 Å². The predicted octanol–water partition coefficient (Wildman–Crippen LogP) is 3.81. The van der Waals surface area contributed by atoms with E-state index in [2.05, 4.69) is 29.7 Å². The molecule has 3 rings (SSSR count). The monoisotopic (exact) mass is 578 g/mol. The van der Waals surface area contributed by atoms with Crippen LogP contribution < -0.4 is 10.6 Å². The Morgan fingerprint density at radius 2 is 1.61 bits per heavy atom. The Balaban J connectivity index is 1.73. The van der Waals surface area contributed by atoms with Crippen LogP contribution in [0.3, 0.4) is 0 Å². The number of sulfone groups is 1. The summed E-state index contributed by atoms with van der Waals surface area (Å²) in [6.07, 6.45) is 0.250. The van der Waals surface area contributed by atoms with E-state index < -0.39 is 40.2 Å². The van der Waals surface area contributed by atoms with E-state index in [1.165, 1.54) is 29.8 Å². The first-order valence-corrected chi connectivity index (χ1v) is 14.7. The summed E-state index contributed by atoms with van der Waals surface area (Å²) in [6, 6.07) is 18.0. The minimum atomic E-state index is -3.63. The van der Waals surface area contributed by atoms with Crippen molar-refractivity contribution in [3.63, 3.8) is 0 Å². The van der Waals surface area contributed by atoms with Gasteiger partial charge in [0.1, 0.15) is 0 Å². The van der Waals surface area contributed by atoms with Crippen molar-refractivity contribution >= 4 is 38.9 Å². The number of halogens is 2. The van der Waals surface area contributed by atoms with Crippen LogP contribution in [0.1, 0.15) is 34.0 Å². The highest BCUT2D eigenvalue weighted by molar-refractivity contribution is 7.91. The molecule has 0 saturated heterocycles. The maximum atomic E-state index is 13.1. The highest BCUT2D eigenvalue weighted by Crippen LogP contribution is 2.21. The zero-order valence-electron chi connectivity index (χ0n) is 21.0. The fourth-order valence-electron chi connectivity index (χ4n) is 4.04. The number of carbonyl (C=O) groups is 1. The molecule has 0 fully saturated rings. The predicted molar refractivity (Wildman–Crippen MR) is 151 cm³/mol. The highest BCUT2D eigenvalue weighted by atomic mass is 35.5. The lowest BCUT2D eigenvalue weighted by atomic mass is 10.00. The number of rotatable bonds is 13. The Kier molecular flexibility index (Phi) is 11.1. The molecule has 0 aromatic heterocycles. The molecule has 204 valence electrons. The second-order valence-corrected chi connectivity index (χ2v) is 12.0. The molecule has 4 N–H and O–H groups in total. The van der Waals surface area contributed by atoms with Gasteiger partial charge in [-0.05, 0) is 72.0 Å². The van der Waals surface area contributed by atoms with Crippen LogP contribution >= 0.6 is 23.2 Å². The first-order valence-electron chi connectivity index (χ1n) is 12.3. The van der Waals surface area contributed by atoms with Crippen molar-refractivity contribution in [2.24, 2.45) is 0 Å². The zero-order valence-corrected chi connectivity index (χ0v) is 23.4. The van der Waals surface area contributed by atoms with Gasteiger partial charge < -0.3 is 20.8 Å². The summed E-state index contributed by atoms with van der Waals surface area (Å²) in [6.45, 7) is 2.37. The van der Waals surface area contributed by atoms with Crippen LogP contribution in [0.5, 0.6) is 0 Å². The van der Waals surface area contributed by atoms with Gasteiger partial charge in [-0.3, -0.25) is 4.79 Å². The summed E-state index contributed by atoms with van der Waals surface area (Å²) in [5, 5.41) is 27.0. The third-order valence-corrected chi connectivity index (χ3v) is 8.22. The molecular weight excluding hydrogens is 547 g/mol. The second kappa shape index (κ2) is 14.1. The van der Waals surface area contributed by atoms with E-state index in [0.717, 1.165) is 17.5 Å². The van der Waals surface area contributed by atoms with Gasteiger partial charge in [-0.1, -0.05) is 54.4 Å². The smallest absolute Gasteiger partial charge is 0.251 e. The van der Waals surface area contributed by atoms with E-state index in [9.17, 15) is 18.3 Å². The number of nitrogens with one attached hydrogen (secondary N) is 2. The fourth-order valence-corrected chi connectivity index (χ4v) is 5.63. The van der Waals surface area contributed by atoms with Crippen molar-refractivity contribution < 1.29 is 23.4 Å². The lowest BCUT2D eigenvalue weighted by Gasteiger charge is -2.25. The molecule has 3 aromatic carbocycles. The molecule has 0 aliphatic rings. The molecule has 2 atom stereocenters. The van der Waals surface area contributed by atoms with E-state index in [-0.39, 0.29) is 23.4 Å². The standard InChI is InChI=1S/C28H32Cl2N2O5S/c1-2-19-4-3-5-20(12-19)17-31-18-27(34)26(15-21-13-23(29)16-24(30)14-21)32-28(35)22-6-8-25(9-7-22)38(36,37)11-10-33/h3-9,12-14,16,26-27,31,33-34H,2,10-11,15,17-18H2,1H3,(H,32,35)/t26-,27+/m0/s1. The molecule has 0 saturated carbocycles. The van der Waals surface area contributed by atoms with Gasteiger partial charge in [0.25, 0.3) is 5.91 Å². The molecule has 0 unspecified atom stereocenters. The summed E-state index contributed by atoms with van der Waals surface area (Å²) in [4.78, 5) is 13.1. The number of aliphatic hydroxyl groups excluding tert-OH is 2. The molecule has 0 spiro atoms. The minimum absolute atomic E-state index is 0.0181. The molecule has 1 amide bonds. The van der Waals surface area contributed by atoms with Crippen LogP contribution in [0.2, 0.25) is 10.0 Å². The molecule has 3 aromatic rings. The normalized spacial score (nSPS) is 13.2. The average Bonchev–Trinajstić information content (AvgIpc) is 2.88. The third kappa shape index (κ3) is 8.80. The first kappa shape index (κ1) is 30.1. The average molecular weight is 580 g/mol. The molecular formula is C28H32Cl2N2O5S. The van der Waals surface area contributed by atoms with Crippen LogP contribution in [0, 0.1) is 0 Å². The van der Waals surface area contributed by atoms with Crippen molar-refractivity contribution in [2.45, 2.75) is 43.4 Å². The number of amides is 1. The molecule has 0 radical (unpaired) electrons. The van der Waals surface area contributed by atoms with Gasteiger partial charge in [0.05, 0.1) is 29.4 Å². The minimum Gasteiger partial charge on any atom is -0.395 e. The number of aliphatic hydroxyl groups is 2. The lowest BCUT2D eigenvalue weighted by molar-refractivity contribution is 0.0830. The van der Waals surface area contributed by atoms with Crippen molar-refractivity contribution in [3.05, 3.63) is 99.0 Å². The van der Waals surface area contributed by atoms with E-state index in [1.54, 1.807) is 18.2 Å². The van der Waals surface area contributed by atoms with Crippen LogP contribution in [0.25, 0.3) is 0 Å². The Bertz CT molecular complexity index is 1310. The van der Waals surface area contributed by atoms with Gasteiger partial charge in [0.2, 0.25) is 0 Å². The number of aryl methyl sites for hydroxylation is 1. The topological polar surface area (TPSA) is 116 Å². The van der Waals surface area contributed by atoms with Crippen molar-refractivity contribution in [1.82, 2.24) is 10.6 Å². The molecule has 10 heteroatoms. The number of hydrogen-bond acceptors (Lipinski definition) is 6. The van der Waals surface area contributed by atoms with E-state index in [0.29, 0.717) is 16.6 Å². The number of benzene rings is 3. The van der Waals surface area contributed by atoms with Gasteiger partial charge in [-0.2, -0.15) is 0 Å². The Morgan fingerprint density at radius 3 is 2.24 bits per heavy atom. The van der Waals surface area contributed by atoms with Crippen LogP contribution in [-0.2, 0) is 29.2 Å². The van der Waals surface area contributed by atoms with E-state index in [4.69, 9.17) is 28.3 Å². The summed E-state index contributed by atoms with van der Waals surface area (Å²) in [7, 11) is -3.63. The SMILES string of the molecule is CCc1cccc(CNC[C@@H](O)[C@H](Cc2cc(Cl)cc(Cl)c2)NC(=O)c2ccc(S(=O)(=O)CCO)cc2)c1.